The molecule has 0 rings (SSSR count). The van der Waals surface area contributed by atoms with Gasteiger partial charge in [0.25, 0.3) is 0 Å². The molecule has 1 radical (unpaired) electrons. The van der Waals surface area contributed by atoms with Gasteiger partial charge in [0.05, 0.1) is 0 Å². The summed E-state index contributed by atoms with van der Waals surface area (Å²) in [6.45, 7) is 0. The molecule has 0 unspecified atom stereocenters. The van der Waals surface area contributed by atoms with Crippen LogP contribution in [0.15, 0.2) is 0 Å². The van der Waals surface area contributed by atoms with Crippen LogP contribution in [-0.4, -0.2) is 11.3 Å². The van der Waals surface area contributed by atoms with E-state index in [2.05, 4.69) is 22.8 Å². The monoisotopic (exact) mass is 135 g/mol. The first-order valence-electron chi connectivity index (χ1n) is 1.56. The Hall–Kier alpha value is -1.04. The summed E-state index contributed by atoms with van der Waals surface area (Å²) in [5, 5.41) is 8.83. The summed E-state index contributed by atoms with van der Waals surface area (Å²) >= 11 is 3.91. The van der Waals surface area contributed by atoms with Crippen molar-refractivity contribution < 1.29 is 14.7 Å². The van der Waals surface area contributed by atoms with Gasteiger partial charge in [-0.2, -0.15) is 5.48 Å². The van der Waals surface area contributed by atoms with Gasteiger partial charge in [-0.15, -0.1) is 0 Å². The lowest BCUT2D eigenvalue weighted by Crippen LogP contribution is -2.27. The molecule has 1 amide bonds. The molecule has 0 saturated carbocycles. The van der Waals surface area contributed by atoms with Gasteiger partial charge in [0.1, 0.15) is 0 Å². The van der Waals surface area contributed by atoms with Gasteiger partial charge in [0.2, 0.25) is 0 Å². The first-order valence-corrected chi connectivity index (χ1v) is 1.97. The van der Waals surface area contributed by atoms with Crippen molar-refractivity contribution in [2.45, 2.75) is 0 Å². The van der Waals surface area contributed by atoms with Crippen LogP contribution in [0.2, 0.25) is 0 Å². The molecule has 0 fully saturated rings. The quantitative estimate of drug-likeness (QED) is 0.340. The maximum atomic E-state index is 9.72. The number of carbonyl (C=O) groups excluding carboxylic acids is 1. The molecule has 0 aromatic heterocycles. The summed E-state index contributed by atoms with van der Waals surface area (Å²) in [6.07, 6.45) is -1.09. The van der Waals surface area contributed by atoms with Gasteiger partial charge in [-0.25, -0.2) is 4.79 Å². The fourth-order valence-electron chi connectivity index (χ4n) is 0.0920. The lowest BCUT2D eigenvalue weighted by atomic mass is 11.3. The minimum absolute atomic E-state index is 0.885. The third-order valence-corrected chi connectivity index (χ3v) is 0.318. The number of amides is 1. The second-order valence-corrected chi connectivity index (χ2v) is 1.18. The van der Waals surface area contributed by atoms with E-state index in [9.17, 15) is 9.90 Å². The summed E-state index contributed by atoms with van der Waals surface area (Å²) in [5.74, 6) is 0. The second-order valence-electron chi connectivity index (χ2n) is 0.811. The molecule has 0 bridgehead atoms. The van der Waals surface area contributed by atoms with Crippen molar-refractivity contribution in [3.05, 3.63) is 0 Å². The Balaban J connectivity index is 3.18. The minimum atomic E-state index is -1.09. The zero-order valence-electron chi connectivity index (χ0n) is 3.71. The Morgan fingerprint density at radius 3 is 2.38 bits per heavy atom. The summed E-state index contributed by atoms with van der Waals surface area (Å²) in [6, 6.07) is 0. The van der Waals surface area contributed by atoms with Gasteiger partial charge in [0, 0.05) is 0 Å². The van der Waals surface area contributed by atoms with Gasteiger partial charge in [-0.3, -0.25) is 5.11 Å². The summed E-state index contributed by atoms with van der Waals surface area (Å²) in [5.41, 5.74) is 5.96. The highest BCUT2D eigenvalue weighted by Gasteiger charge is 1.94. The number of nitrogens with one attached hydrogen (secondary N) is 1. The van der Waals surface area contributed by atoms with Crippen LogP contribution < -0.4 is 11.2 Å². The molecule has 6 heteroatoms. The van der Waals surface area contributed by atoms with E-state index in [-0.39, 0.29) is 0 Å². The Morgan fingerprint density at radius 2 is 2.25 bits per heavy atom. The lowest BCUT2D eigenvalue weighted by molar-refractivity contribution is 0.119. The predicted octanol–water partition coefficient (Wildman–Crippen LogP) is -0.698. The summed E-state index contributed by atoms with van der Waals surface area (Å²) in [4.78, 5) is 13.4. The number of hydrogen-bond donors (Lipinski definition) is 2. The van der Waals surface area contributed by atoms with Crippen LogP contribution in [0.4, 0.5) is 4.79 Å². The maximum Gasteiger partial charge on any atom is 0.428 e. The average Bonchev–Trinajstić information content (AvgIpc) is 1.61. The van der Waals surface area contributed by atoms with Crippen LogP contribution in [0.5, 0.6) is 0 Å². The van der Waals surface area contributed by atoms with Crippen molar-refractivity contribution >= 4 is 23.5 Å². The van der Waals surface area contributed by atoms with E-state index < -0.39 is 11.3 Å². The highest BCUT2D eigenvalue weighted by molar-refractivity contribution is 7.79. The molecule has 0 saturated heterocycles. The smallest absolute Gasteiger partial charge is 0.333 e. The van der Waals surface area contributed by atoms with Crippen molar-refractivity contribution in [1.82, 2.24) is 5.48 Å². The minimum Gasteiger partial charge on any atom is -0.333 e. The van der Waals surface area contributed by atoms with Crippen LogP contribution in [0.3, 0.4) is 0 Å². The van der Waals surface area contributed by atoms with E-state index >= 15 is 0 Å². The van der Waals surface area contributed by atoms with E-state index in [0.717, 1.165) is 0 Å². The molecule has 0 spiro atoms. The topological polar surface area (TPSA) is 84.2 Å². The SMILES string of the molecule is NC(=O)ONC([O])=S. The molecule has 0 aliphatic carbocycles. The fourth-order valence-corrected chi connectivity index (χ4v) is 0.134. The summed E-state index contributed by atoms with van der Waals surface area (Å²) < 4.78 is 0. The molecule has 0 heterocycles. The molecule has 0 aromatic rings. The standard InChI is InChI=1S/C2H3N2O3S/c3-1(5)7-4-2(6)8/h(H2,3,5)(H,4,8). The number of primary amides is 1. The number of nitrogens with two attached hydrogens (primary N) is 1. The van der Waals surface area contributed by atoms with Crippen molar-refractivity contribution in [2.75, 3.05) is 0 Å². The Kier molecular flexibility index (Phi) is 2.63. The number of rotatable bonds is 0. The zero-order chi connectivity index (χ0) is 6.57. The molecule has 8 heavy (non-hydrogen) atoms. The molecule has 5 nitrogen and oxygen atoms in total. The first-order chi connectivity index (χ1) is 3.63. The van der Waals surface area contributed by atoms with Gasteiger partial charge in [0.15, 0.2) is 0 Å². The molecule has 3 N–H and O–H groups in total. The van der Waals surface area contributed by atoms with Crippen molar-refractivity contribution in [1.29, 1.82) is 0 Å². The number of hydrogen-bond acceptors (Lipinski definition) is 3. The molecular formula is C2H3N2O3S. The van der Waals surface area contributed by atoms with Crippen LogP contribution >= 0.6 is 12.2 Å². The predicted molar refractivity (Wildman–Crippen MR) is 27.1 cm³/mol. The number of hydroxylamine groups is 1. The molecule has 45 valence electrons. The lowest BCUT2D eigenvalue weighted by Gasteiger charge is -1.94. The fraction of sp³-hybridized carbons (Fsp3) is 0. The van der Waals surface area contributed by atoms with Crippen LogP contribution in [-0.2, 0) is 9.94 Å². The Labute approximate surface area is 50.4 Å². The Bertz CT molecular complexity index is 99.9. The van der Waals surface area contributed by atoms with Crippen molar-refractivity contribution in [3.8, 4) is 0 Å². The van der Waals surface area contributed by atoms with Gasteiger partial charge in [-0.05, 0) is 12.2 Å². The normalized spacial score (nSPS) is 7.50. The van der Waals surface area contributed by atoms with Crippen LogP contribution in [0.25, 0.3) is 0 Å². The third kappa shape index (κ3) is 4.96. The van der Waals surface area contributed by atoms with E-state index in [4.69, 9.17) is 0 Å². The first kappa shape index (κ1) is 6.96. The maximum absolute atomic E-state index is 9.72. The van der Waals surface area contributed by atoms with Gasteiger partial charge in [-0.1, -0.05) is 0 Å². The highest BCUT2D eigenvalue weighted by Crippen LogP contribution is 1.65. The van der Waals surface area contributed by atoms with E-state index in [1.165, 1.54) is 0 Å². The zero-order valence-corrected chi connectivity index (χ0v) is 4.53. The van der Waals surface area contributed by atoms with Crippen molar-refractivity contribution in [3.63, 3.8) is 0 Å². The van der Waals surface area contributed by atoms with E-state index in [1.54, 1.807) is 5.48 Å². The summed E-state index contributed by atoms with van der Waals surface area (Å²) in [7, 11) is 0. The molecule has 0 aliphatic heterocycles. The largest absolute Gasteiger partial charge is 0.428 e. The molecule has 0 atom stereocenters. The third-order valence-electron chi connectivity index (χ3n) is 0.235. The van der Waals surface area contributed by atoms with Crippen molar-refractivity contribution in [2.24, 2.45) is 5.73 Å². The van der Waals surface area contributed by atoms with Crippen LogP contribution in [0.1, 0.15) is 0 Å². The number of thiocarbonyl (C=S) groups is 1. The van der Waals surface area contributed by atoms with Gasteiger partial charge < -0.3 is 10.6 Å². The number of carbonyl (C=O) groups is 1. The average molecular weight is 135 g/mol. The molecular weight excluding hydrogens is 132 g/mol. The molecule has 0 aromatic carbocycles. The van der Waals surface area contributed by atoms with Crippen LogP contribution in [0, 0.1) is 0 Å². The second kappa shape index (κ2) is 3.03. The molecule has 0 aliphatic rings. The highest BCUT2D eigenvalue weighted by atomic mass is 32.1. The van der Waals surface area contributed by atoms with Gasteiger partial charge >= 0.3 is 11.3 Å². The van der Waals surface area contributed by atoms with E-state index in [0.29, 0.717) is 0 Å². The Morgan fingerprint density at radius 1 is 1.75 bits per heavy atom. The van der Waals surface area contributed by atoms with E-state index in [1.807, 2.05) is 0 Å².